The van der Waals surface area contributed by atoms with Crippen LogP contribution in [0.4, 0.5) is 0 Å². The summed E-state index contributed by atoms with van der Waals surface area (Å²) in [7, 11) is 2.17. The molecule has 1 aromatic carbocycles. The number of hydrogen-bond donors (Lipinski definition) is 1. The second-order valence-electron chi connectivity index (χ2n) is 6.61. The Morgan fingerprint density at radius 3 is 2.15 bits per heavy atom. The largest absolute Gasteiger partial charge is 1.00 e. The maximum atomic E-state index is 11.1. The van der Waals surface area contributed by atoms with Crippen LogP contribution < -0.4 is 47.3 Å². The fourth-order valence-electron chi connectivity index (χ4n) is 1.63. The molecule has 0 aromatic heterocycles. The van der Waals surface area contributed by atoms with E-state index in [-0.39, 0.29) is 47.9 Å². The number of halogens is 1. The number of rotatable bonds is 7. The summed E-state index contributed by atoms with van der Waals surface area (Å²) in [5.74, 6) is -0.0404. The van der Waals surface area contributed by atoms with Crippen molar-refractivity contribution in [2.45, 2.75) is 13.3 Å². The maximum Gasteiger partial charge on any atom is 1.00 e. The van der Waals surface area contributed by atoms with Crippen molar-refractivity contribution in [2.24, 2.45) is 0 Å². The van der Waals surface area contributed by atoms with Gasteiger partial charge >= 0.3 is 29.6 Å². The molecule has 148 valence electrons. The van der Waals surface area contributed by atoms with E-state index in [1.54, 1.807) is 31.2 Å². The SMILES string of the molecule is C=C(C)C(=O)NCCC[N+](C)(C)C.O=S(=O)([O-])C=Cc1ccccc1.[Cl-].[Na+]. The van der Waals surface area contributed by atoms with E-state index in [2.05, 4.69) is 33.0 Å². The van der Waals surface area contributed by atoms with Gasteiger partial charge in [0.05, 0.1) is 27.7 Å². The Kier molecular flexibility index (Phi) is 17.6. The van der Waals surface area contributed by atoms with Crippen LogP contribution in [0.1, 0.15) is 18.9 Å². The van der Waals surface area contributed by atoms with Gasteiger partial charge in [0.2, 0.25) is 5.91 Å². The Morgan fingerprint density at radius 1 is 1.22 bits per heavy atom. The van der Waals surface area contributed by atoms with Crippen molar-refractivity contribution in [1.29, 1.82) is 0 Å². The van der Waals surface area contributed by atoms with Gasteiger partial charge in [0.25, 0.3) is 0 Å². The van der Waals surface area contributed by atoms with Gasteiger partial charge < -0.3 is 26.8 Å². The van der Waals surface area contributed by atoms with E-state index >= 15 is 0 Å². The summed E-state index contributed by atoms with van der Waals surface area (Å²) >= 11 is 0. The van der Waals surface area contributed by atoms with Gasteiger partial charge in [0.1, 0.15) is 10.1 Å². The number of benzene rings is 1. The van der Waals surface area contributed by atoms with Crippen LogP contribution >= 0.6 is 0 Å². The van der Waals surface area contributed by atoms with E-state index in [4.69, 9.17) is 0 Å². The number of carbonyl (C=O) groups is 1. The third-order valence-corrected chi connectivity index (χ3v) is 3.38. The summed E-state index contributed by atoms with van der Waals surface area (Å²) in [4.78, 5) is 11.1. The van der Waals surface area contributed by atoms with Crippen LogP contribution in [0.3, 0.4) is 0 Å². The molecule has 0 fully saturated rings. The van der Waals surface area contributed by atoms with Crippen molar-refractivity contribution in [3.63, 3.8) is 0 Å². The molecule has 0 heterocycles. The summed E-state index contributed by atoms with van der Waals surface area (Å²) in [6.07, 6.45) is 2.27. The topological polar surface area (TPSA) is 86.3 Å². The monoisotopic (exact) mass is 426 g/mol. The van der Waals surface area contributed by atoms with E-state index in [0.717, 1.165) is 24.0 Å². The zero-order chi connectivity index (χ0) is 19.5. The molecule has 6 nitrogen and oxygen atoms in total. The summed E-state index contributed by atoms with van der Waals surface area (Å²) in [5, 5.41) is 3.45. The van der Waals surface area contributed by atoms with Crippen molar-refractivity contribution in [3.05, 3.63) is 53.5 Å². The van der Waals surface area contributed by atoms with Gasteiger partial charge in [-0.15, -0.1) is 0 Å². The molecule has 0 saturated carbocycles. The molecule has 0 atom stereocenters. The first-order valence-electron chi connectivity index (χ1n) is 7.84. The molecule has 0 saturated heterocycles. The molecule has 0 bridgehead atoms. The normalized spacial score (nSPS) is 10.7. The van der Waals surface area contributed by atoms with E-state index in [1.807, 2.05) is 6.07 Å². The third-order valence-electron chi connectivity index (χ3n) is 2.91. The minimum Gasteiger partial charge on any atom is -1.00 e. The number of carbonyl (C=O) groups excluding carboxylic acids is 1. The third kappa shape index (κ3) is 21.5. The first-order valence-corrected chi connectivity index (χ1v) is 9.31. The van der Waals surface area contributed by atoms with Gasteiger partial charge in [0, 0.05) is 23.9 Å². The molecule has 0 unspecified atom stereocenters. The summed E-state index contributed by atoms with van der Waals surface area (Å²) in [5.41, 5.74) is 1.27. The molecule has 9 heteroatoms. The molecule has 1 N–H and O–H groups in total. The first-order chi connectivity index (χ1) is 11.4. The minimum atomic E-state index is -4.25. The molecule has 1 rings (SSSR count). The van der Waals surface area contributed by atoms with Crippen LogP contribution in [0, 0.1) is 0 Å². The molecule has 0 spiro atoms. The molecule has 27 heavy (non-hydrogen) atoms. The molecule has 0 aliphatic heterocycles. The standard InChI is InChI=1S/C10H20N2O.C8H8O3S.ClH.Na/c1-9(2)10(13)11-7-6-8-12(3,4)5;9-12(10,11)7-6-8-4-2-1-3-5-8;;/h1,6-8H2,2-5H3;1-7H,(H,9,10,11);1H;/q;;;+1/p-1. The van der Waals surface area contributed by atoms with E-state index < -0.39 is 10.1 Å². The fourth-order valence-corrected chi connectivity index (χ4v) is 1.96. The van der Waals surface area contributed by atoms with Crippen LogP contribution in [-0.4, -0.2) is 57.6 Å². The van der Waals surface area contributed by atoms with Crippen LogP contribution in [0.5, 0.6) is 0 Å². The van der Waals surface area contributed by atoms with Gasteiger partial charge in [-0.25, -0.2) is 8.42 Å². The van der Waals surface area contributed by atoms with Gasteiger partial charge in [-0.2, -0.15) is 0 Å². The van der Waals surface area contributed by atoms with Crippen LogP contribution in [0.25, 0.3) is 6.08 Å². The second kappa shape index (κ2) is 15.3. The smallest absolute Gasteiger partial charge is 1.00 e. The van der Waals surface area contributed by atoms with Crippen molar-refractivity contribution in [2.75, 3.05) is 34.2 Å². The van der Waals surface area contributed by atoms with Crippen molar-refractivity contribution < 1.29 is 64.2 Å². The number of hydrogen-bond acceptors (Lipinski definition) is 4. The van der Waals surface area contributed by atoms with Gasteiger partial charge in [-0.3, -0.25) is 4.79 Å². The summed E-state index contributed by atoms with van der Waals surface area (Å²) < 4.78 is 31.4. The molecule has 1 amide bonds. The van der Waals surface area contributed by atoms with Gasteiger partial charge in [-0.1, -0.05) is 36.9 Å². The van der Waals surface area contributed by atoms with Crippen LogP contribution in [-0.2, 0) is 14.9 Å². The Hall–Kier alpha value is -0.670. The Labute approximate surface area is 191 Å². The summed E-state index contributed by atoms with van der Waals surface area (Å²) in [6.45, 7) is 7.09. The second-order valence-corrected chi connectivity index (χ2v) is 7.87. The van der Waals surface area contributed by atoms with E-state index in [0.29, 0.717) is 16.5 Å². The van der Waals surface area contributed by atoms with E-state index in [9.17, 15) is 17.8 Å². The number of nitrogens with zero attached hydrogens (tertiary/aromatic N) is 1. The molecule has 0 aliphatic carbocycles. The Morgan fingerprint density at radius 2 is 1.74 bits per heavy atom. The average molecular weight is 427 g/mol. The van der Waals surface area contributed by atoms with Gasteiger partial charge in [0.15, 0.2) is 0 Å². The molecule has 0 aliphatic rings. The minimum absolute atomic E-state index is 0. The molecular weight excluding hydrogens is 399 g/mol. The fraction of sp³-hybridized carbons (Fsp3) is 0.389. The van der Waals surface area contributed by atoms with Crippen LogP contribution in [0.15, 0.2) is 47.9 Å². The van der Waals surface area contributed by atoms with E-state index in [1.165, 1.54) is 6.08 Å². The maximum absolute atomic E-state index is 11.1. The number of quaternary nitrogens is 1. The van der Waals surface area contributed by atoms with Crippen molar-refractivity contribution in [1.82, 2.24) is 5.32 Å². The molecular formula is C18H28ClN2NaO4S. The van der Waals surface area contributed by atoms with Gasteiger partial charge in [-0.05, 0) is 18.6 Å². The average Bonchev–Trinajstić information content (AvgIpc) is 2.49. The quantitative estimate of drug-likeness (QED) is 0.158. The summed E-state index contributed by atoms with van der Waals surface area (Å²) in [6, 6.07) is 8.75. The molecule has 0 radical (unpaired) electrons. The molecule has 1 aromatic rings. The Bertz CT molecular complexity index is 687. The zero-order valence-corrected chi connectivity index (χ0v) is 20.3. The predicted molar refractivity (Wildman–Crippen MR) is 101 cm³/mol. The van der Waals surface area contributed by atoms with Crippen molar-refractivity contribution in [3.8, 4) is 0 Å². The first kappa shape index (κ1) is 31.0. The Balaban J connectivity index is -0.000000398. The number of amides is 1. The number of nitrogens with one attached hydrogen (secondary N) is 1. The van der Waals surface area contributed by atoms with Crippen LogP contribution in [0.2, 0.25) is 0 Å². The zero-order valence-electron chi connectivity index (χ0n) is 16.7. The van der Waals surface area contributed by atoms with Crippen molar-refractivity contribution >= 4 is 22.1 Å². The predicted octanol–water partition coefficient (Wildman–Crippen LogP) is -4.01.